The van der Waals surface area contributed by atoms with Crippen LogP contribution in [0, 0.1) is 11.8 Å². The Morgan fingerprint density at radius 2 is 1.96 bits per heavy atom. The van der Waals surface area contributed by atoms with Gasteiger partial charge in [0.05, 0.1) is 17.3 Å². The van der Waals surface area contributed by atoms with E-state index in [0.717, 1.165) is 31.4 Å². The first-order valence-corrected chi connectivity index (χ1v) is 9.58. The highest BCUT2D eigenvalue weighted by molar-refractivity contribution is 5.93. The zero-order chi connectivity index (χ0) is 19.9. The molecule has 2 heterocycles. The van der Waals surface area contributed by atoms with Crippen LogP contribution in [0.2, 0.25) is 0 Å². The maximum Gasteiger partial charge on any atom is 0.335 e. The molecular weight excluding hydrogens is 358 g/mol. The molecule has 0 unspecified atom stereocenters. The number of carbonyl (C=O) groups excluding carboxylic acids is 2. The molecule has 0 bridgehead atoms. The summed E-state index contributed by atoms with van der Waals surface area (Å²) in [4.78, 5) is 39.2. The van der Waals surface area contributed by atoms with Crippen LogP contribution in [-0.4, -0.2) is 23.3 Å². The van der Waals surface area contributed by atoms with Crippen LogP contribution in [0.25, 0.3) is 0 Å². The van der Waals surface area contributed by atoms with Crippen molar-refractivity contribution in [1.82, 2.24) is 15.6 Å². The summed E-state index contributed by atoms with van der Waals surface area (Å²) in [5, 5.41) is 5.96. The minimum absolute atomic E-state index is 0.0560. The van der Waals surface area contributed by atoms with E-state index in [4.69, 9.17) is 4.42 Å². The van der Waals surface area contributed by atoms with E-state index in [1.807, 2.05) is 18.2 Å². The molecule has 2 N–H and O–H groups in total. The molecule has 7 heteroatoms. The van der Waals surface area contributed by atoms with Crippen LogP contribution < -0.4 is 16.3 Å². The van der Waals surface area contributed by atoms with Crippen molar-refractivity contribution in [3.63, 3.8) is 0 Å². The van der Waals surface area contributed by atoms with Gasteiger partial charge in [0.2, 0.25) is 5.91 Å². The van der Waals surface area contributed by atoms with Gasteiger partial charge in [0.25, 0.3) is 5.91 Å². The Balaban J connectivity index is 1.52. The van der Waals surface area contributed by atoms with Gasteiger partial charge in [0, 0.05) is 25.7 Å². The first-order chi connectivity index (χ1) is 13.5. The third kappa shape index (κ3) is 5.28. The van der Waals surface area contributed by atoms with Gasteiger partial charge in [0.15, 0.2) is 0 Å². The normalized spacial score (nSPS) is 20.2. The summed E-state index contributed by atoms with van der Waals surface area (Å²) in [6, 6.07) is 8.37. The molecule has 0 radical (unpaired) electrons. The molecule has 0 aliphatic heterocycles. The van der Waals surface area contributed by atoms with Crippen molar-refractivity contribution >= 4 is 11.8 Å². The lowest BCUT2D eigenvalue weighted by molar-refractivity contribution is -0.120. The average Bonchev–Trinajstić information content (AvgIpc) is 2.72. The number of carbonyl (C=O) groups is 2. The summed E-state index contributed by atoms with van der Waals surface area (Å²) in [6.07, 6.45) is 6.79. The fourth-order valence-electron chi connectivity index (χ4n) is 3.76. The Morgan fingerprint density at radius 1 is 1.18 bits per heavy atom. The lowest BCUT2D eigenvalue weighted by Gasteiger charge is -2.34. The Morgan fingerprint density at radius 3 is 2.57 bits per heavy atom. The van der Waals surface area contributed by atoms with Gasteiger partial charge in [-0.15, -0.1) is 0 Å². The fourth-order valence-corrected chi connectivity index (χ4v) is 3.76. The van der Waals surface area contributed by atoms with Gasteiger partial charge in [-0.05, 0) is 55.7 Å². The quantitative estimate of drug-likeness (QED) is 0.798. The van der Waals surface area contributed by atoms with Gasteiger partial charge < -0.3 is 15.1 Å². The number of hydrogen-bond donors (Lipinski definition) is 2. The van der Waals surface area contributed by atoms with Crippen molar-refractivity contribution < 1.29 is 14.0 Å². The third-order valence-corrected chi connectivity index (χ3v) is 5.24. The van der Waals surface area contributed by atoms with E-state index in [-0.39, 0.29) is 17.9 Å². The maximum atomic E-state index is 12.1. The van der Waals surface area contributed by atoms with Gasteiger partial charge in [-0.25, -0.2) is 4.79 Å². The minimum Gasteiger partial charge on any atom is -0.430 e. The smallest absolute Gasteiger partial charge is 0.335 e. The van der Waals surface area contributed by atoms with Crippen LogP contribution >= 0.6 is 0 Å². The molecule has 28 heavy (non-hydrogen) atoms. The summed E-state index contributed by atoms with van der Waals surface area (Å²) in [7, 11) is 0. The highest BCUT2D eigenvalue weighted by atomic mass is 16.4. The SMILES string of the molecule is CC(=O)N[C@@H](c1ccccn1)C1CCC(CNC(=O)c2ccc(=O)oc2)CC1. The molecule has 0 saturated heterocycles. The number of nitrogens with one attached hydrogen (secondary N) is 2. The third-order valence-electron chi connectivity index (χ3n) is 5.24. The number of amides is 2. The van der Waals surface area contributed by atoms with Crippen LogP contribution in [0.3, 0.4) is 0 Å². The summed E-state index contributed by atoms with van der Waals surface area (Å²) < 4.78 is 4.73. The lowest BCUT2D eigenvalue weighted by atomic mass is 9.77. The Labute approximate surface area is 163 Å². The van der Waals surface area contributed by atoms with Crippen molar-refractivity contribution in [2.24, 2.45) is 11.8 Å². The maximum absolute atomic E-state index is 12.1. The van der Waals surface area contributed by atoms with Gasteiger partial charge in [0.1, 0.15) is 6.26 Å². The summed E-state index contributed by atoms with van der Waals surface area (Å²) >= 11 is 0. The van der Waals surface area contributed by atoms with Gasteiger partial charge >= 0.3 is 5.63 Å². The van der Waals surface area contributed by atoms with Crippen LogP contribution in [0.4, 0.5) is 0 Å². The number of hydrogen-bond acceptors (Lipinski definition) is 5. The first-order valence-electron chi connectivity index (χ1n) is 9.58. The van der Waals surface area contributed by atoms with Crippen LogP contribution in [0.15, 0.2) is 52.0 Å². The number of rotatable bonds is 6. The molecule has 1 saturated carbocycles. The van der Waals surface area contributed by atoms with E-state index in [0.29, 0.717) is 23.9 Å². The van der Waals surface area contributed by atoms with Gasteiger partial charge in [-0.3, -0.25) is 14.6 Å². The van der Waals surface area contributed by atoms with Crippen molar-refractivity contribution in [3.05, 3.63) is 64.5 Å². The molecule has 1 atom stereocenters. The largest absolute Gasteiger partial charge is 0.430 e. The van der Waals surface area contributed by atoms with Gasteiger partial charge in [-0.2, -0.15) is 0 Å². The zero-order valence-corrected chi connectivity index (χ0v) is 15.9. The average molecular weight is 383 g/mol. The van der Waals surface area contributed by atoms with Crippen LogP contribution in [0.5, 0.6) is 0 Å². The molecule has 0 spiro atoms. The Hall–Kier alpha value is -2.96. The second-order valence-electron chi connectivity index (χ2n) is 7.27. The molecule has 1 aliphatic carbocycles. The predicted octanol–water partition coefficient (Wildman–Crippen LogP) is 2.45. The molecule has 1 fully saturated rings. The molecule has 2 amide bonds. The van der Waals surface area contributed by atoms with Crippen LogP contribution in [0.1, 0.15) is 54.7 Å². The topological polar surface area (TPSA) is 101 Å². The molecular formula is C21H25N3O4. The molecule has 1 aliphatic rings. The van der Waals surface area contributed by atoms with Gasteiger partial charge in [-0.1, -0.05) is 6.07 Å². The fraction of sp³-hybridized carbons (Fsp3) is 0.429. The zero-order valence-electron chi connectivity index (χ0n) is 15.9. The number of pyridine rings is 1. The van der Waals surface area contributed by atoms with E-state index in [1.165, 1.54) is 25.3 Å². The Bertz CT molecular complexity index is 837. The van der Waals surface area contributed by atoms with Crippen molar-refractivity contribution in [2.75, 3.05) is 6.54 Å². The van der Waals surface area contributed by atoms with Crippen molar-refractivity contribution in [3.8, 4) is 0 Å². The summed E-state index contributed by atoms with van der Waals surface area (Å²) in [5.41, 5.74) is 0.755. The second kappa shape index (κ2) is 9.30. The van der Waals surface area contributed by atoms with E-state index in [9.17, 15) is 14.4 Å². The molecule has 7 nitrogen and oxygen atoms in total. The molecule has 148 valence electrons. The van der Waals surface area contributed by atoms with Crippen molar-refractivity contribution in [1.29, 1.82) is 0 Å². The molecule has 2 aromatic heterocycles. The second-order valence-corrected chi connectivity index (χ2v) is 7.27. The highest BCUT2D eigenvalue weighted by Crippen LogP contribution is 2.36. The minimum atomic E-state index is -0.475. The lowest BCUT2D eigenvalue weighted by Crippen LogP contribution is -2.36. The van der Waals surface area contributed by atoms with E-state index in [2.05, 4.69) is 15.6 Å². The van der Waals surface area contributed by atoms with Crippen LogP contribution in [-0.2, 0) is 4.79 Å². The van der Waals surface area contributed by atoms with E-state index >= 15 is 0 Å². The molecule has 3 rings (SSSR count). The number of aromatic nitrogens is 1. The highest BCUT2D eigenvalue weighted by Gasteiger charge is 2.30. The monoisotopic (exact) mass is 383 g/mol. The Kier molecular flexibility index (Phi) is 6.57. The molecule has 0 aromatic carbocycles. The number of nitrogens with zero attached hydrogens (tertiary/aromatic N) is 1. The predicted molar refractivity (Wildman–Crippen MR) is 104 cm³/mol. The standard InChI is InChI=1S/C21H25N3O4/c1-14(25)24-20(18-4-2-3-11-22-18)16-7-5-15(6-8-16)12-23-21(27)17-9-10-19(26)28-13-17/h2-4,9-11,13,15-16,20H,5-8,12H2,1H3,(H,23,27)(H,24,25)/t15?,16?,20-/m1/s1. The van der Waals surface area contributed by atoms with E-state index in [1.54, 1.807) is 6.20 Å². The molecule has 2 aromatic rings. The van der Waals surface area contributed by atoms with Crippen molar-refractivity contribution in [2.45, 2.75) is 38.6 Å². The summed E-state index contributed by atoms with van der Waals surface area (Å²) in [6.45, 7) is 2.11. The van der Waals surface area contributed by atoms with E-state index < -0.39 is 5.63 Å². The first kappa shape index (κ1) is 19.8. The summed E-state index contributed by atoms with van der Waals surface area (Å²) in [5.74, 6) is 0.418.